The molecule has 1 aliphatic carbocycles. The molecule has 1 N–H and O–H groups in total. The number of aromatic nitrogens is 2. The largest absolute Gasteiger partial charge is 0.417 e. The van der Waals surface area contributed by atoms with Crippen molar-refractivity contribution < 1.29 is 18.3 Å². The Morgan fingerprint density at radius 1 is 1.41 bits per heavy atom. The highest BCUT2D eigenvalue weighted by molar-refractivity contribution is 14.1. The molecule has 5 nitrogen and oxygen atoms in total. The first-order valence-corrected chi connectivity index (χ1v) is 11.9. The number of nitrogens with zero attached hydrogens (tertiary/aromatic N) is 4. The third kappa shape index (κ3) is 5.06. The average Bonchev–Trinajstić information content (AvgIpc) is 3.08. The van der Waals surface area contributed by atoms with E-state index in [9.17, 15) is 18.3 Å². The van der Waals surface area contributed by atoms with Crippen LogP contribution in [0.15, 0.2) is 24.5 Å². The van der Waals surface area contributed by atoms with E-state index in [2.05, 4.69) is 41.4 Å². The minimum absolute atomic E-state index is 0.133. The Hall–Kier alpha value is -1.80. The second kappa shape index (κ2) is 9.59. The molecular weight excluding hydrogens is 532 g/mol. The van der Waals surface area contributed by atoms with Gasteiger partial charge in [-0.1, -0.05) is 13.8 Å². The van der Waals surface area contributed by atoms with Gasteiger partial charge in [-0.15, -0.1) is 0 Å². The molecule has 1 saturated carbocycles. The summed E-state index contributed by atoms with van der Waals surface area (Å²) in [6.07, 6.45) is -0.334. The summed E-state index contributed by atoms with van der Waals surface area (Å²) in [7, 11) is 0. The lowest BCUT2D eigenvalue weighted by Crippen LogP contribution is -2.46. The van der Waals surface area contributed by atoms with Gasteiger partial charge in [0.05, 0.1) is 29.2 Å². The van der Waals surface area contributed by atoms with Gasteiger partial charge in [0.25, 0.3) is 0 Å². The number of anilines is 1. The highest BCUT2D eigenvalue weighted by atomic mass is 127. The number of benzene rings is 1. The molecule has 1 heterocycles. The van der Waals surface area contributed by atoms with Crippen molar-refractivity contribution in [2.45, 2.75) is 70.8 Å². The highest BCUT2D eigenvalue weighted by Crippen LogP contribution is 2.42. The Morgan fingerprint density at radius 3 is 2.72 bits per heavy atom. The zero-order valence-corrected chi connectivity index (χ0v) is 20.6. The van der Waals surface area contributed by atoms with Crippen LogP contribution in [0.2, 0.25) is 0 Å². The number of imidazole rings is 1. The van der Waals surface area contributed by atoms with Gasteiger partial charge in [-0.2, -0.15) is 18.4 Å². The van der Waals surface area contributed by atoms with Crippen molar-refractivity contribution in [3.8, 4) is 6.07 Å². The van der Waals surface area contributed by atoms with Gasteiger partial charge in [-0.05, 0) is 72.9 Å². The normalized spacial score (nSPS) is 21.6. The van der Waals surface area contributed by atoms with E-state index >= 15 is 0 Å². The van der Waals surface area contributed by atoms with Gasteiger partial charge in [-0.3, -0.25) is 0 Å². The summed E-state index contributed by atoms with van der Waals surface area (Å²) in [5.41, 5.74) is -1.20. The molecule has 32 heavy (non-hydrogen) atoms. The predicted octanol–water partition coefficient (Wildman–Crippen LogP) is 5.69. The van der Waals surface area contributed by atoms with Crippen LogP contribution in [0.5, 0.6) is 0 Å². The van der Waals surface area contributed by atoms with Crippen LogP contribution in [-0.2, 0) is 18.3 Å². The van der Waals surface area contributed by atoms with Crippen LogP contribution in [0, 0.1) is 20.9 Å². The maximum atomic E-state index is 13.5. The smallest absolute Gasteiger partial charge is 0.383 e. The Bertz CT molecular complexity index is 998. The van der Waals surface area contributed by atoms with Gasteiger partial charge in [0.15, 0.2) is 0 Å². The maximum absolute atomic E-state index is 13.5. The number of aliphatic hydroxyl groups is 1. The van der Waals surface area contributed by atoms with Crippen LogP contribution < -0.4 is 4.90 Å². The summed E-state index contributed by atoms with van der Waals surface area (Å²) in [4.78, 5) is 6.33. The Kier molecular flexibility index (Phi) is 7.44. The summed E-state index contributed by atoms with van der Waals surface area (Å²) in [5, 5.41) is 20.8. The molecule has 1 fully saturated rings. The molecule has 1 aliphatic rings. The van der Waals surface area contributed by atoms with Gasteiger partial charge >= 0.3 is 6.18 Å². The zero-order valence-electron chi connectivity index (χ0n) is 18.5. The molecule has 0 amide bonds. The maximum Gasteiger partial charge on any atom is 0.417 e. The molecule has 1 aromatic carbocycles. The zero-order chi connectivity index (χ0) is 23.7. The van der Waals surface area contributed by atoms with E-state index in [0.29, 0.717) is 31.0 Å². The third-order valence-corrected chi connectivity index (χ3v) is 6.83. The number of halogens is 4. The minimum atomic E-state index is -4.60. The van der Waals surface area contributed by atoms with Crippen LogP contribution in [0.25, 0.3) is 0 Å². The Morgan fingerprint density at radius 2 is 2.12 bits per heavy atom. The monoisotopic (exact) mass is 560 g/mol. The van der Waals surface area contributed by atoms with Gasteiger partial charge in [0.1, 0.15) is 9.30 Å². The molecule has 2 atom stereocenters. The van der Waals surface area contributed by atoms with Crippen LogP contribution in [0.4, 0.5) is 18.9 Å². The lowest BCUT2D eigenvalue weighted by atomic mass is 9.79. The third-order valence-electron chi connectivity index (χ3n) is 6.04. The van der Waals surface area contributed by atoms with Crippen molar-refractivity contribution in [3.63, 3.8) is 0 Å². The van der Waals surface area contributed by atoms with Gasteiger partial charge < -0.3 is 14.6 Å². The van der Waals surface area contributed by atoms with E-state index in [4.69, 9.17) is 5.26 Å². The summed E-state index contributed by atoms with van der Waals surface area (Å²) in [6, 6.07) is 5.36. The molecule has 0 aliphatic heterocycles. The number of nitriles is 1. The number of hydrogen-bond acceptors (Lipinski definition) is 4. The molecular formula is C23H28F3IN4O. The van der Waals surface area contributed by atoms with Crippen molar-refractivity contribution in [2.24, 2.45) is 5.92 Å². The fourth-order valence-corrected chi connectivity index (χ4v) is 5.68. The van der Waals surface area contributed by atoms with Gasteiger partial charge in [0.2, 0.25) is 0 Å². The van der Waals surface area contributed by atoms with E-state index in [1.165, 1.54) is 6.07 Å². The standard InChI is InChI=1S/C23H28F3IN4O/c1-4-31(17-8-7-16(12-28)19(10-17)23(24,25)26)18-6-5-9-22(32,11-18)20-21(27)29-14-30(20)13-15(2)3/h7-8,10,14-15,18,32H,4-6,9,11,13H2,1-3H3. The van der Waals surface area contributed by atoms with Crippen LogP contribution in [-0.4, -0.2) is 27.2 Å². The quantitative estimate of drug-likeness (QED) is 0.462. The minimum Gasteiger partial charge on any atom is -0.383 e. The molecule has 1 aromatic heterocycles. The molecule has 0 spiro atoms. The van der Waals surface area contributed by atoms with E-state index in [1.54, 1.807) is 18.5 Å². The first-order chi connectivity index (χ1) is 15.0. The van der Waals surface area contributed by atoms with E-state index in [0.717, 1.165) is 34.8 Å². The second-order valence-electron chi connectivity index (χ2n) is 8.84. The highest BCUT2D eigenvalue weighted by Gasteiger charge is 2.42. The first kappa shape index (κ1) is 24.8. The molecule has 2 unspecified atom stereocenters. The molecule has 3 rings (SSSR count). The number of rotatable bonds is 6. The molecule has 0 radical (unpaired) electrons. The van der Waals surface area contributed by atoms with Crippen molar-refractivity contribution in [1.29, 1.82) is 5.26 Å². The summed E-state index contributed by atoms with van der Waals surface area (Å²) < 4.78 is 43.3. The summed E-state index contributed by atoms with van der Waals surface area (Å²) in [5.74, 6) is 0.383. The van der Waals surface area contributed by atoms with Crippen molar-refractivity contribution in [1.82, 2.24) is 9.55 Å². The molecule has 0 saturated heterocycles. The topological polar surface area (TPSA) is 65.1 Å². The summed E-state index contributed by atoms with van der Waals surface area (Å²) in [6.45, 7) is 7.33. The molecule has 0 bridgehead atoms. The van der Waals surface area contributed by atoms with Gasteiger partial charge in [-0.25, -0.2) is 4.98 Å². The fraction of sp³-hybridized carbons (Fsp3) is 0.565. The lowest BCUT2D eigenvalue weighted by Gasteiger charge is -2.43. The second-order valence-corrected chi connectivity index (χ2v) is 9.86. The summed E-state index contributed by atoms with van der Waals surface area (Å²) >= 11 is 2.15. The number of alkyl halides is 3. The van der Waals surface area contributed by atoms with Crippen LogP contribution in [0.1, 0.15) is 63.3 Å². The number of hydrogen-bond donors (Lipinski definition) is 1. The van der Waals surface area contributed by atoms with Crippen LogP contribution >= 0.6 is 22.6 Å². The first-order valence-electron chi connectivity index (χ1n) is 10.8. The van der Waals surface area contributed by atoms with Crippen molar-refractivity contribution >= 4 is 28.3 Å². The fourth-order valence-electron chi connectivity index (χ4n) is 4.75. The SMILES string of the molecule is CCN(c1ccc(C#N)c(C(F)(F)F)c1)C1CCCC(O)(c2c(I)ncn2CC(C)C)C1. The Balaban J connectivity index is 1.95. The molecule has 174 valence electrons. The van der Waals surface area contributed by atoms with E-state index in [-0.39, 0.29) is 11.6 Å². The van der Waals surface area contributed by atoms with Crippen molar-refractivity contribution in [2.75, 3.05) is 11.4 Å². The van der Waals surface area contributed by atoms with Gasteiger partial charge in [0, 0.05) is 31.2 Å². The molecule has 9 heteroatoms. The average molecular weight is 560 g/mol. The van der Waals surface area contributed by atoms with E-state index in [1.807, 2.05) is 16.4 Å². The molecule has 2 aromatic rings. The van der Waals surface area contributed by atoms with E-state index < -0.39 is 17.3 Å². The lowest BCUT2D eigenvalue weighted by molar-refractivity contribution is -0.137. The van der Waals surface area contributed by atoms with Crippen molar-refractivity contribution in [3.05, 3.63) is 45.0 Å². The Labute approximate surface area is 200 Å². The predicted molar refractivity (Wildman–Crippen MR) is 125 cm³/mol. The van der Waals surface area contributed by atoms with Crippen LogP contribution in [0.3, 0.4) is 0 Å².